The molecule has 0 aliphatic rings. The lowest BCUT2D eigenvalue weighted by Crippen LogP contribution is -2.43. The zero-order valence-electron chi connectivity index (χ0n) is 17.3. The van der Waals surface area contributed by atoms with Crippen molar-refractivity contribution in [2.75, 3.05) is 18.0 Å². The van der Waals surface area contributed by atoms with Gasteiger partial charge in [-0.1, -0.05) is 72.8 Å². The number of hydrazone groups is 1. The summed E-state index contributed by atoms with van der Waals surface area (Å²) in [5, 5.41) is 15.5. The van der Waals surface area contributed by atoms with Gasteiger partial charge in [0.05, 0.1) is 6.21 Å². The first-order valence-corrected chi connectivity index (χ1v) is 10.1. The smallest absolute Gasteiger partial charge is 0.281 e. The first-order chi connectivity index (χ1) is 14.6. The van der Waals surface area contributed by atoms with Gasteiger partial charge in [0.15, 0.2) is 5.60 Å². The van der Waals surface area contributed by atoms with Crippen molar-refractivity contribution in [2.45, 2.75) is 19.4 Å². The molecule has 0 fully saturated rings. The number of aliphatic hydroxyl groups is 1. The third-order valence-corrected chi connectivity index (χ3v) is 5.11. The summed E-state index contributed by atoms with van der Waals surface area (Å²) in [6.45, 7) is 6.12. The van der Waals surface area contributed by atoms with E-state index in [2.05, 4.69) is 29.3 Å². The van der Waals surface area contributed by atoms with Gasteiger partial charge in [0.2, 0.25) is 0 Å². The van der Waals surface area contributed by atoms with Crippen LogP contribution >= 0.6 is 0 Å². The fourth-order valence-electron chi connectivity index (χ4n) is 3.39. The highest BCUT2D eigenvalue weighted by Crippen LogP contribution is 2.29. The van der Waals surface area contributed by atoms with E-state index >= 15 is 0 Å². The topological polar surface area (TPSA) is 64.9 Å². The Kier molecular flexibility index (Phi) is 6.99. The minimum atomic E-state index is -1.84. The first-order valence-electron chi connectivity index (χ1n) is 10.1. The molecule has 0 spiro atoms. The molecule has 5 nitrogen and oxygen atoms in total. The molecule has 3 aromatic rings. The van der Waals surface area contributed by atoms with Crippen LogP contribution < -0.4 is 10.3 Å². The molecule has 0 saturated heterocycles. The zero-order chi connectivity index (χ0) is 21.4. The van der Waals surface area contributed by atoms with Crippen molar-refractivity contribution in [1.82, 2.24) is 5.43 Å². The van der Waals surface area contributed by atoms with Crippen molar-refractivity contribution in [3.05, 3.63) is 102 Å². The number of rotatable bonds is 8. The molecule has 3 rings (SSSR count). The molecule has 0 heterocycles. The van der Waals surface area contributed by atoms with Crippen molar-refractivity contribution in [3.8, 4) is 0 Å². The molecule has 0 unspecified atom stereocenters. The van der Waals surface area contributed by atoms with Crippen molar-refractivity contribution in [3.63, 3.8) is 0 Å². The van der Waals surface area contributed by atoms with Crippen LogP contribution in [0.25, 0.3) is 0 Å². The average molecular weight is 402 g/mol. The highest BCUT2D eigenvalue weighted by atomic mass is 16.3. The van der Waals surface area contributed by atoms with Crippen LogP contribution in [-0.4, -0.2) is 30.3 Å². The Balaban J connectivity index is 1.78. The molecular formula is C25H27N3O2. The van der Waals surface area contributed by atoms with Crippen molar-refractivity contribution >= 4 is 17.8 Å². The fraction of sp³-hybridized carbons (Fsp3) is 0.200. The monoisotopic (exact) mass is 401 g/mol. The highest BCUT2D eigenvalue weighted by Gasteiger charge is 2.39. The molecule has 1 amide bonds. The third kappa shape index (κ3) is 4.58. The first kappa shape index (κ1) is 21.3. The molecule has 3 aromatic carbocycles. The maximum absolute atomic E-state index is 13.0. The van der Waals surface area contributed by atoms with Crippen molar-refractivity contribution < 1.29 is 9.90 Å². The van der Waals surface area contributed by atoms with Gasteiger partial charge in [0, 0.05) is 18.8 Å². The summed E-state index contributed by atoms with van der Waals surface area (Å²) in [4.78, 5) is 15.2. The van der Waals surface area contributed by atoms with Crippen LogP contribution in [0.4, 0.5) is 5.69 Å². The largest absolute Gasteiger partial charge is 0.372 e. The maximum Gasteiger partial charge on any atom is 0.281 e. The van der Waals surface area contributed by atoms with Gasteiger partial charge in [0.25, 0.3) is 5.91 Å². The van der Waals surface area contributed by atoms with E-state index in [4.69, 9.17) is 0 Å². The Bertz CT molecular complexity index is 927. The Morgan fingerprint density at radius 3 is 1.87 bits per heavy atom. The van der Waals surface area contributed by atoms with Gasteiger partial charge in [-0.05, 0) is 42.7 Å². The normalized spacial score (nSPS) is 11.4. The predicted octanol–water partition coefficient (Wildman–Crippen LogP) is 3.92. The Morgan fingerprint density at radius 2 is 1.40 bits per heavy atom. The van der Waals surface area contributed by atoms with E-state index in [1.165, 1.54) is 0 Å². The molecule has 0 aliphatic carbocycles. The summed E-state index contributed by atoms with van der Waals surface area (Å²) in [6, 6.07) is 25.7. The lowest BCUT2D eigenvalue weighted by Gasteiger charge is -2.27. The second-order valence-corrected chi connectivity index (χ2v) is 6.91. The molecule has 0 aliphatic heterocycles. The van der Waals surface area contributed by atoms with Crippen LogP contribution in [-0.2, 0) is 10.4 Å². The Hall–Kier alpha value is -3.44. The minimum Gasteiger partial charge on any atom is -0.372 e. The summed E-state index contributed by atoms with van der Waals surface area (Å²) in [7, 11) is 0. The summed E-state index contributed by atoms with van der Waals surface area (Å²) in [6.07, 6.45) is 1.57. The van der Waals surface area contributed by atoms with E-state index in [0.29, 0.717) is 11.1 Å². The number of anilines is 1. The van der Waals surface area contributed by atoms with E-state index < -0.39 is 11.5 Å². The number of hydrogen-bond acceptors (Lipinski definition) is 4. The van der Waals surface area contributed by atoms with Crippen LogP contribution in [0.2, 0.25) is 0 Å². The van der Waals surface area contributed by atoms with Crippen LogP contribution in [0.5, 0.6) is 0 Å². The number of nitrogens with zero attached hydrogens (tertiary/aromatic N) is 2. The molecule has 0 saturated carbocycles. The van der Waals surface area contributed by atoms with Gasteiger partial charge in [-0.2, -0.15) is 5.10 Å². The van der Waals surface area contributed by atoms with Gasteiger partial charge in [-0.25, -0.2) is 5.43 Å². The summed E-state index contributed by atoms with van der Waals surface area (Å²) < 4.78 is 0. The van der Waals surface area contributed by atoms with Gasteiger partial charge in [-0.3, -0.25) is 4.79 Å². The second-order valence-electron chi connectivity index (χ2n) is 6.91. The molecular weight excluding hydrogens is 374 g/mol. The standard InChI is InChI=1S/C25H27N3O2/c1-3-28(4-2)23-17-15-20(16-18-23)19-26-27-24(29)25(30,21-11-7-5-8-12-21)22-13-9-6-10-14-22/h5-19,30H,3-4H2,1-2H3,(H,27,29)/b26-19-. The molecule has 2 N–H and O–H groups in total. The number of carbonyl (C=O) groups excluding carboxylic acids is 1. The maximum atomic E-state index is 13.0. The molecule has 5 heteroatoms. The van der Waals surface area contributed by atoms with Crippen molar-refractivity contribution in [2.24, 2.45) is 5.10 Å². The molecule has 0 aromatic heterocycles. The van der Waals surface area contributed by atoms with Gasteiger partial charge < -0.3 is 10.0 Å². The van der Waals surface area contributed by atoms with Gasteiger partial charge in [-0.15, -0.1) is 0 Å². The number of nitrogens with one attached hydrogen (secondary N) is 1. The third-order valence-electron chi connectivity index (χ3n) is 5.11. The number of carbonyl (C=O) groups is 1. The van der Waals surface area contributed by atoms with Crippen LogP contribution in [0.15, 0.2) is 90.0 Å². The lowest BCUT2D eigenvalue weighted by molar-refractivity contribution is -0.136. The van der Waals surface area contributed by atoms with Crippen molar-refractivity contribution in [1.29, 1.82) is 0 Å². The SMILES string of the molecule is CCN(CC)c1ccc(/C=N\NC(=O)C(O)(c2ccccc2)c2ccccc2)cc1. The molecule has 154 valence electrons. The molecule has 0 atom stereocenters. The summed E-state index contributed by atoms with van der Waals surface area (Å²) >= 11 is 0. The van der Waals surface area contributed by atoms with E-state index in [0.717, 1.165) is 24.3 Å². The Labute approximate surface area is 177 Å². The second kappa shape index (κ2) is 9.85. The van der Waals surface area contributed by atoms with E-state index in [1.807, 2.05) is 36.4 Å². The van der Waals surface area contributed by atoms with Gasteiger partial charge >= 0.3 is 0 Å². The Morgan fingerprint density at radius 1 is 0.900 bits per heavy atom. The molecule has 0 bridgehead atoms. The zero-order valence-corrected chi connectivity index (χ0v) is 17.3. The van der Waals surface area contributed by atoms with E-state index in [-0.39, 0.29) is 0 Å². The average Bonchev–Trinajstić information content (AvgIpc) is 2.81. The number of hydrogen-bond donors (Lipinski definition) is 2. The predicted molar refractivity (Wildman–Crippen MR) is 122 cm³/mol. The number of benzene rings is 3. The quantitative estimate of drug-likeness (QED) is 0.444. The van der Waals surface area contributed by atoms with Crippen LogP contribution in [0.3, 0.4) is 0 Å². The molecule has 30 heavy (non-hydrogen) atoms. The van der Waals surface area contributed by atoms with E-state index in [1.54, 1.807) is 54.7 Å². The molecule has 0 radical (unpaired) electrons. The summed E-state index contributed by atoms with van der Waals surface area (Å²) in [5.74, 6) is -0.615. The van der Waals surface area contributed by atoms with Crippen LogP contribution in [0, 0.1) is 0 Å². The summed E-state index contributed by atoms with van der Waals surface area (Å²) in [5.41, 5.74) is 3.61. The fourth-order valence-corrected chi connectivity index (χ4v) is 3.39. The van der Waals surface area contributed by atoms with Gasteiger partial charge in [0.1, 0.15) is 0 Å². The van der Waals surface area contributed by atoms with E-state index in [9.17, 15) is 9.90 Å². The lowest BCUT2D eigenvalue weighted by atomic mass is 9.85. The highest BCUT2D eigenvalue weighted by molar-refractivity contribution is 5.91. The van der Waals surface area contributed by atoms with Crippen LogP contribution in [0.1, 0.15) is 30.5 Å². The number of amides is 1. The minimum absolute atomic E-state index is 0.479.